The number of anilines is 1. The van der Waals surface area contributed by atoms with Gasteiger partial charge >= 0.3 is 11.7 Å². The average Bonchev–Trinajstić information content (AvgIpc) is 2.81. The largest absolute Gasteiger partial charge is 0.466 e. The molecular formula is C13H17N3O7. The van der Waals surface area contributed by atoms with Crippen molar-refractivity contribution in [3.63, 3.8) is 0 Å². The molecule has 23 heavy (non-hydrogen) atoms. The molecule has 2 rings (SSSR count). The number of aromatic nitrogens is 2. The summed E-state index contributed by atoms with van der Waals surface area (Å²) >= 11 is 0. The second-order valence-corrected chi connectivity index (χ2v) is 4.86. The number of hydrogen-bond donors (Lipinski definition) is 4. The van der Waals surface area contributed by atoms with E-state index in [9.17, 15) is 19.8 Å². The Labute approximate surface area is 130 Å². The van der Waals surface area contributed by atoms with Crippen LogP contribution in [0.25, 0.3) is 6.08 Å². The lowest BCUT2D eigenvalue weighted by Crippen LogP contribution is -2.36. The minimum absolute atomic E-state index is 0.127. The molecule has 0 amide bonds. The number of rotatable bonds is 4. The molecule has 4 atom stereocenters. The Bertz CT molecular complexity index is 672. The van der Waals surface area contributed by atoms with Gasteiger partial charge < -0.3 is 30.5 Å². The van der Waals surface area contributed by atoms with Crippen LogP contribution in [-0.2, 0) is 14.3 Å². The molecule has 5 N–H and O–H groups in total. The van der Waals surface area contributed by atoms with Gasteiger partial charge in [0.1, 0.15) is 24.1 Å². The zero-order valence-corrected chi connectivity index (χ0v) is 12.2. The number of ether oxygens (including phenoxy) is 2. The molecule has 2 heterocycles. The summed E-state index contributed by atoms with van der Waals surface area (Å²) < 4.78 is 10.6. The maximum absolute atomic E-state index is 11.9. The van der Waals surface area contributed by atoms with E-state index in [2.05, 4.69) is 9.72 Å². The van der Waals surface area contributed by atoms with Gasteiger partial charge in [-0.05, 0) is 6.08 Å². The number of carbonyl (C=O) groups excluding carboxylic acids is 1. The fraction of sp³-hybridized carbons (Fsp3) is 0.462. The minimum atomic E-state index is -1.44. The molecule has 1 aromatic heterocycles. The minimum Gasteiger partial charge on any atom is -0.466 e. The molecule has 1 fully saturated rings. The first-order chi connectivity index (χ1) is 10.9. The van der Waals surface area contributed by atoms with Crippen LogP contribution in [0.5, 0.6) is 0 Å². The van der Waals surface area contributed by atoms with E-state index in [-0.39, 0.29) is 11.4 Å². The molecular weight excluding hydrogens is 310 g/mol. The number of esters is 1. The van der Waals surface area contributed by atoms with Gasteiger partial charge in [-0.2, -0.15) is 4.98 Å². The van der Waals surface area contributed by atoms with Gasteiger partial charge in [-0.25, -0.2) is 9.59 Å². The van der Waals surface area contributed by atoms with Crippen LogP contribution >= 0.6 is 0 Å². The van der Waals surface area contributed by atoms with E-state index in [0.29, 0.717) is 0 Å². The molecule has 10 heteroatoms. The maximum Gasteiger partial charge on any atom is 0.351 e. The Morgan fingerprint density at radius 3 is 2.78 bits per heavy atom. The van der Waals surface area contributed by atoms with Crippen molar-refractivity contribution in [2.24, 2.45) is 0 Å². The van der Waals surface area contributed by atoms with Gasteiger partial charge in [-0.1, -0.05) is 0 Å². The van der Waals surface area contributed by atoms with Gasteiger partial charge in [0.25, 0.3) is 0 Å². The second-order valence-electron chi connectivity index (χ2n) is 4.86. The average molecular weight is 327 g/mol. The fourth-order valence-corrected chi connectivity index (χ4v) is 2.14. The number of aliphatic hydroxyl groups is 3. The van der Waals surface area contributed by atoms with Crippen LogP contribution in [0.15, 0.2) is 17.1 Å². The van der Waals surface area contributed by atoms with E-state index in [4.69, 9.17) is 15.6 Å². The smallest absolute Gasteiger partial charge is 0.351 e. The highest BCUT2D eigenvalue weighted by atomic mass is 16.6. The van der Waals surface area contributed by atoms with Crippen molar-refractivity contribution in [3.8, 4) is 0 Å². The molecule has 10 nitrogen and oxygen atoms in total. The Hall–Kier alpha value is -2.27. The van der Waals surface area contributed by atoms with Gasteiger partial charge in [0, 0.05) is 17.8 Å². The van der Waals surface area contributed by atoms with E-state index in [1.165, 1.54) is 19.4 Å². The van der Waals surface area contributed by atoms with Crippen LogP contribution in [0, 0.1) is 0 Å². The third-order valence-corrected chi connectivity index (χ3v) is 3.40. The lowest BCUT2D eigenvalue weighted by Gasteiger charge is -2.18. The summed E-state index contributed by atoms with van der Waals surface area (Å²) in [6.45, 7) is -0.527. The number of nitrogens with zero attached hydrogens (tertiary/aromatic N) is 2. The first-order valence-electron chi connectivity index (χ1n) is 6.66. The van der Waals surface area contributed by atoms with Gasteiger partial charge in [-0.3, -0.25) is 4.57 Å². The number of carbonyl (C=O) groups is 1. The molecule has 0 aliphatic carbocycles. The molecule has 1 aromatic rings. The van der Waals surface area contributed by atoms with E-state index < -0.39 is 42.8 Å². The number of methoxy groups -OCH3 is 1. The highest BCUT2D eigenvalue weighted by Crippen LogP contribution is 2.28. The van der Waals surface area contributed by atoms with Gasteiger partial charge in [-0.15, -0.1) is 0 Å². The molecule has 1 aliphatic rings. The van der Waals surface area contributed by atoms with Crippen molar-refractivity contribution < 1.29 is 29.6 Å². The standard InChI is InChI=1S/C13H17N3O7/c1-22-8(18)3-2-6-4-16(13(21)15-11(6)14)12-10(20)9(19)7(5-17)23-12/h2-4,7,9-10,12,17,19-20H,5H2,1H3,(H2,14,15,21)/t7-,9-,10+,12-/m1/s1. The van der Waals surface area contributed by atoms with Gasteiger partial charge in [0.2, 0.25) is 0 Å². The van der Waals surface area contributed by atoms with Gasteiger partial charge in [0.15, 0.2) is 6.23 Å². The summed E-state index contributed by atoms with van der Waals surface area (Å²) in [5.74, 6) is -0.756. The van der Waals surface area contributed by atoms with Crippen molar-refractivity contribution in [2.45, 2.75) is 24.5 Å². The summed E-state index contributed by atoms with van der Waals surface area (Å²) in [6.07, 6.45) is -1.48. The summed E-state index contributed by atoms with van der Waals surface area (Å²) in [6, 6.07) is 0. The number of aliphatic hydroxyl groups excluding tert-OH is 3. The van der Waals surface area contributed by atoms with Crippen molar-refractivity contribution in [3.05, 3.63) is 28.3 Å². The number of hydrogen-bond acceptors (Lipinski definition) is 9. The Kier molecular flexibility index (Phi) is 5.11. The summed E-state index contributed by atoms with van der Waals surface area (Å²) in [5, 5.41) is 28.8. The first-order valence-corrected chi connectivity index (χ1v) is 6.66. The lowest BCUT2D eigenvalue weighted by atomic mass is 10.1. The molecule has 0 unspecified atom stereocenters. The zero-order chi connectivity index (χ0) is 17.1. The van der Waals surface area contributed by atoms with Gasteiger partial charge in [0.05, 0.1) is 13.7 Å². The summed E-state index contributed by atoms with van der Waals surface area (Å²) in [5.41, 5.74) is 5.01. The third-order valence-electron chi connectivity index (χ3n) is 3.40. The topological polar surface area (TPSA) is 157 Å². The SMILES string of the molecule is COC(=O)C=Cc1cn([C@@H]2O[C@H](CO)[C@@H](O)[C@@H]2O)c(=O)nc1N. The van der Waals surface area contributed by atoms with E-state index in [0.717, 1.165) is 10.6 Å². The van der Waals surface area contributed by atoms with Crippen molar-refractivity contribution in [1.82, 2.24) is 9.55 Å². The van der Waals surface area contributed by atoms with E-state index >= 15 is 0 Å². The summed E-state index contributed by atoms with van der Waals surface area (Å²) in [4.78, 5) is 26.6. The normalized spacial score (nSPS) is 27.5. The molecule has 0 aromatic carbocycles. The summed E-state index contributed by atoms with van der Waals surface area (Å²) in [7, 11) is 1.20. The van der Waals surface area contributed by atoms with Crippen LogP contribution in [0.4, 0.5) is 5.82 Å². The molecule has 1 saturated heterocycles. The molecule has 126 valence electrons. The first kappa shape index (κ1) is 17.1. The molecule has 0 spiro atoms. The molecule has 0 radical (unpaired) electrons. The quantitative estimate of drug-likeness (QED) is 0.350. The number of nitrogen functional groups attached to an aromatic ring is 1. The van der Waals surface area contributed by atoms with Crippen LogP contribution in [-0.4, -0.2) is 62.9 Å². The number of nitrogens with two attached hydrogens (primary N) is 1. The van der Waals surface area contributed by atoms with Crippen molar-refractivity contribution in [1.29, 1.82) is 0 Å². The Morgan fingerprint density at radius 1 is 1.52 bits per heavy atom. The molecule has 0 saturated carbocycles. The highest BCUT2D eigenvalue weighted by molar-refractivity contribution is 5.87. The van der Waals surface area contributed by atoms with Crippen LogP contribution in [0.2, 0.25) is 0 Å². The zero-order valence-electron chi connectivity index (χ0n) is 12.2. The van der Waals surface area contributed by atoms with Crippen molar-refractivity contribution >= 4 is 17.9 Å². The molecule has 0 bridgehead atoms. The highest BCUT2D eigenvalue weighted by Gasteiger charge is 2.43. The fourth-order valence-electron chi connectivity index (χ4n) is 2.14. The lowest BCUT2D eigenvalue weighted by molar-refractivity contribution is -0.134. The van der Waals surface area contributed by atoms with Crippen LogP contribution in [0.1, 0.15) is 11.8 Å². The second kappa shape index (κ2) is 6.87. The maximum atomic E-state index is 11.9. The van der Waals surface area contributed by atoms with E-state index in [1.807, 2.05) is 0 Å². The Morgan fingerprint density at radius 2 is 2.22 bits per heavy atom. The Balaban J connectivity index is 2.38. The monoisotopic (exact) mass is 327 g/mol. The predicted molar refractivity (Wildman–Crippen MR) is 77.0 cm³/mol. The molecule has 1 aliphatic heterocycles. The van der Waals surface area contributed by atoms with Crippen LogP contribution in [0.3, 0.4) is 0 Å². The van der Waals surface area contributed by atoms with Crippen molar-refractivity contribution in [2.75, 3.05) is 19.5 Å². The predicted octanol–water partition coefficient (Wildman–Crippen LogP) is -2.38. The van der Waals surface area contributed by atoms with Crippen LogP contribution < -0.4 is 11.4 Å². The van der Waals surface area contributed by atoms with E-state index in [1.54, 1.807) is 0 Å². The third kappa shape index (κ3) is 3.40.